The third-order valence-electron chi connectivity index (χ3n) is 2.32. The Morgan fingerprint density at radius 2 is 1.79 bits per heavy atom. The molecule has 0 bridgehead atoms. The van der Waals surface area contributed by atoms with E-state index in [4.69, 9.17) is 14.6 Å². The minimum absolute atomic E-state index is 0.0696. The van der Waals surface area contributed by atoms with Gasteiger partial charge in [-0.05, 0) is 18.2 Å². The summed E-state index contributed by atoms with van der Waals surface area (Å²) in [5, 5.41) is 4.98. The number of primary sulfonamides is 1. The van der Waals surface area contributed by atoms with E-state index in [0.29, 0.717) is 11.5 Å². The van der Waals surface area contributed by atoms with E-state index in [1.807, 2.05) is 6.07 Å². The van der Waals surface area contributed by atoms with Crippen molar-refractivity contribution in [2.24, 2.45) is 5.14 Å². The van der Waals surface area contributed by atoms with Gasteiger partial charge >= 0.3 is 0 Å². The predicted octanol–water partition coefficient (Wildman–Crippen LogP) is 1.53. The third kappa shape index (κ3) is 3.21. The van der Waals surface area contributed by atoms with Gasteiger partial charge in [0.2, 0.25) is 15.9 Å². The van der Waals surface area contributed by atoms with E-state index >= 15 is 0 Å². The molecule has 0 saturated carbocycles. The number of sulfonamides is 1. The van der Waals surface area contributed by atoms with E-state index in [1.54, 1.807) is 18.2 Å². The van der Waals surface area contributed by atoms with Gasteiger partial charge in [0.15, 0.2) is 11.5 Å². The van der Waals surface area contributed by atoms with E-state index in [1.165, 1.54) is 19.2 Å². The predicted molar refractivity (Wildman–Crippen MR) is 68.7 cm³/mol. The van der Waals surface area contributed by atoms with Gasteiger partial charge in [0.1, 0.15) is 4.90 Å². The minimum atomic E-state index is -3.75. The van der Waals surface area contributed by atoms with Crippen molar-refractivity contribution in [3.63, 3.8) is 0 Å². The fourth-order valence-corrected chi connectivity index (χ4v) is 1.87. The number of para-hydroxylation sites is 2. The van der Waals surface area contributed by atoms with Gasteiger partial charge in [0.05, 0.1) is 13.3 Å². The highest BCUT2D eigenvalue weighted by atomic mass is 32.2. The molecule has 0 amide bonds. The number of benzene rings is 1. The van der Waals surface area contributed by atoms with Crippen molar-refractivity contribution in [2.75, 3.05) is 7.11 Å². The molecular weight excluding hydrogens is 268 g/mol. The van der Waals surface area contributed by atoms with Gasteiger partial charge in [-0.25, -0.2) is 18.5 Å². The molecule has 19 heavy (non-hydrogen) atoms. The highest BCUT2D eigenvalue weighted by Gasteiger charge is 2.09. The van der Waals surface area contributed by atoms with Crippen molar-refractivity contribution in [2.45, 2.75) is 4.90 Å². The Kier molecular flexibility index (Phi) is 3.68. The average molecular weight is 280 g/mol. The molecule has 100 valence electrons. The normalized spacial score (nSPS) is 11.1. The Morgan fingerprint density at radius 3 is 2.32 bits per heavy atom. The first-order valence-corrected chi connectivity index (χ1v) is 6.85. The van der Waals surface area contributed by atoms with Crippen LogP contribution in [0.4, 0.5) is 0 Å². The molecule has 0 aliphatic heterocycles. The topological polar surface area (TPSA) is 91.5 Å². The van der Waals surface area contributed by atoms with Crippen LogP contribution in [0.2, 0.25) is 0 Å². The Balaban J connectivity index is 2.25. The van der Waals surface area contributed by atoms with E-state index in [2.05, 4.69) is 4.98 Å². The molecule has 1 heterocycles. The van der Waals surface area contributed by atoms with Crippen LogP contribution in [0.1, 0.15) is 0 Å². The maximum atomic E-state index is 11.1. The van der Waals surface area contributed by atoms with Crippen molar-refractivity contribution in [1.29, 1.82) is 0 Å². The zero-order chi connectivity index (χ0) is 13.9. The smallest absolute Gasteiger partial charge is 0.239 e. The van der Waals surface area contributed by atoms with E-state index in [9.17, 15) is 8.42 Å². The quantitative estimate of drug-likeness (QED) is 0.917. The lowest BCUT2D eigenvalue weighted by Crippen LogP contribution is -2.12. The van der Waals surface area contributed by atoms with Crippen LogP contribution in [-0.4, -0.2) is 20.5 Å². The zero-order valence-corrected chi connectivity index (χ0v) is 10.9. The first-order chi connectivity index (χ1) is 9.00. The number of nitrogens with two attached hydrogens (primary N) is 1. The second-order valence-corrected chi connectivity index (χ2v) is 5.19. The number of rotatable bonds is 4. The van der Waals surface area contributed by atoms with Crippen LogP contribution >= 0.6 is 0 Å². The fourth-order valence-electron chi connectivity index (χ4n) is 1.41. The van der Waals surface area contributed by atoms with Crippen LogP contribution in [-0.2, 0) is 10.0 Å². The molecule has 2 rings (SSSR count). The monoisotopic (exact) mass is 280 g/mol. The van der Waals surface area contributed by atoms with Crippen LogP contribution in [0.5, 0.6) is 17.4 Å². The molecule has 7 heteroatoms. The van der Waals surface area contributed by atoms with Crippen molar-refractivity contribution in [3.8, 4) is 17.4 Å². The van der Waals surface area contributed by atoms with Crippen molar-refractivity contribution >= 4 is 10.0 Å². The van der Waals surface area contributed by atoms with Crippen molar-refractivity contribution in [3.05, 3.63) is 42.6 Å². The summed E-state index contributed by atoms with van der Waals surface area (Å²) in [7, 11) is -2.22. The summed E-state index contributed by atoms with van der Waals surface area (Å²) in [5.74, 6) is 1.29. The van der Waals surface area contributed by atoms with Gasteiger partial charge in [0, 0.05) is 6.07 Å². The second kappa shape index (κ2) is 5.25. The molecule has 6 nitrogen and oxygen atoms in total. The van der Waals surface area contributed by atoms with Crippen LogP contribution in [0.25, 0.3) is 0 Å². The summed E-state index contributed by atoms with van der Waals surface area (Å²) in [6.45, 7) is 0. The molecule has 0 aliphatic rings. The van der Waals surface area contributed by atoms with Gasteiger partial charge in [-0.3, -0.25) is 0 Å². The van der Waals surface area contributed by atoms with Gasteiger partial charge in [-0.15, -0.1) is 0 Å². The number of nitrogens with zero attached hydrogens (tertiary/aromatic N) is 1. The van der Waals surface area contributed by atoms with Crippen molar-refractivity contribution in [1.82, 2.24) is 4.98 Å². The summed E-state index contributed by atoms with van der Waals surface area (Å²) in [6, 6.07) is 9.81. The zero-order valence-electron chi connectivity index (χ0n) is 10.1. The Morgan fingerprint density at radius 1 is 1.11 bits per heavy atom. The van der Waals surface area contributed by atoms with Gasteiger partial charge in [0.25, 0.3) is 0 Å². The summed E-state index contributed by atoms with van der Waals surface area (Å²) < 4.78 is 32.8. The highest BCUT2D eigenvalue weighted by molar-refractivity contribution is 7.89. The lowest BCUT2D eigenvalue weighted by atomic mass is 10.3. The molecular formula is C12H12N2O4S. The summed E-state index contributed by atoms with van der Waals surface area (Å²) >= 11 is 0. The third-order valence-corrected chi connectivity index (χ3v) is 3.22. The van der Waals surface area contributed by atoms with Gasteiger partial charge < -0.3 is 9.47 Å². The molecule has 2 N–H and O–H groups in total. The number of aromatic nitrogens is 1. The fraction of sp³-hybridized carbons (Fsp3) is 0.0833. The molecule has 0 fully saturated rings. The maximum absolute atomic E-state index is 11.1. The largest absolute Gasteiger partial charge is 0.493 e. The molecule has 0 radical (unpaired) electrons. The Bertz CT molecular complexity index is 668. The van der Waals surface area contributed by atoms with Crippen LogP contribution < -0.4 is 14.6 Å². The van der Waals surface area contributed by atoms with Gasteiger partial charge in [-0.2, -0.15) is 0 Å². The number of hydrogen-bond acceptors (Lipinski definition) is 5. The van der Waals surface area contributed by atoms with E-state index in [-0.39, 0.29) is 10.8 Å². The molecule has 0 unspecified atom stereocenters. The Hall–Kier alpha value is -2.12. The average Bonchev–Trinajstić information content (AvgIpc) is 2.39. The number of ether oxygens (including phenoxy) is 2. The maximum Gasteiger partial charge on any atom is 0.239 e. The molecule has 2 aromatic rings. The number of hydrogen-bond donors (Lipinski definition) is 1. The van der Waals surface area contributed by atoms with Crippen LogP contribution in [0.3, 0.4) is 0 Å². The first-order valence-electron chi connectivity index (χ1n) is 5.30. The number of methoxy groups -OCH3 is 1. The second-order valence-electron chi connectivity index (χ2n) is 3.63. The molecule has 0 saturated heterocycles. The highest BCUT2D eigenvalue weighted by Crippen LogP contribution is 2.29. The minimum Gasteiger partial charge on any atom is -0.493 e. The van der Waals surface area contributed by atoms with E-state index < -0.39 is 10.0 Å². The molecule has 1 aromatic heterocycles. The van der Waals surface area contributed by atoms with Crippen molar-refractivity contribution < 1.29 is 17.9 Å². The molecule has 0 spiro atoms. The van der Waals surface area contributed by atoms with Gasteiger partial charge in [-0.1, -0.05) is 12.1 Å². The first kappa shape index (κ1) is 13.3. The standard InChI is InChI=1S/C12H12N2O4S/c1-17-10-4-2-3-5-11(10)18-12-7-6-9(8-14-12)19(13,15)16/h2-8H,1H3,(H2,13,15,16). The lowest BCUT2D eigenvalue weighted by Gasteiger charge is -2.09. The summed E-state index contributed by atoms with van der Waals surface area (Å²) in [6.07, 6.45) is 1.14. The SMILES string of the molecule is COc1ccccc1Oc1ccc(S(N)(=O)=O)cn1. The molecule has 0 atom stereocenters. The van der Waals surface area contributed by atoms with Crippen LogP contribution in [0.15, 0.2) is 47.5 Å². The Labute approximate surface area is 110 Å². The van der Waals surface area contributed by atoms with Crippen LogP contribution in [0, 0.1) is 0 Å². The lowest BCUT2D eigenvalue weighted by molar-refractivity contribution is 0.374. The van der Waals surface area contributed by atoms with E-state index in [0.717, 1.165) is 6.20 Å². The molecule has 1 aromatic carbocycles. The summed E-state index contributed by atoms with van der Waals surface area (Å²) in [4.78, 5) is 3.81. The molecule has 0 aliphatic carbocycles. The summed E-state index contributed by atoms with van der Waals surface area (Å²) in [5.41, 5.74) is 0. The number of pyridine rings is 1.